The van der Waals surface area contributed by atoms with E-state index in [1.165, 1.54) is 0 Å². The zero-order valence-electron chi connectivity index (χ0n) is 10.8. The lowest BCUT2D eigenvalue weighted by molar-refractivity contribution is -0.116. The average Bonchev–Trinajstić information content (AvgIpc) is 2.41. The van der Waals surface area contributed by atoms with E-state index in [1.54, 1.807) is 12.1 Å². The van der Waals surface area contributed by atoms with Crippen molar-refractivity contribution >= 4 is 27.5 Å². The fourth-order valence-corrected chi connectivity index (χ4v) is 1.95. The van der Waals surface area contributed by atoms with E-state index in [-0.39, 0.29) is 25.7 Å². The van der Waals surface area contributed by atoms with Crippen LogP contribution in [0.3, 0.4) is 0 Å². The second-order valence-corrected chi connectivity index (χ2v) is 5.28. The van der Waals surface area contributed by atoms with Crippen LogP contribution in [0.15, 0.2) is 28.7 Å². The Hall–Kier alpha value is -0.950. The van der Waals surface area contributed by atoms with E-state index in [9.17, 15) is 15.0 Å². The van der Waals surface area contributed by atoms with Gasteiger partial charge in [0.2, 0.25) is 5.91 Å². The molecule has 5 nitrogen and oxygen atoms in total. The van der Waals surface area contributed by atoms with Gasteiger partial charge in [0.05, 0.1) is 25.3 Å². The summed E-state index contributed by atoms with van der Waals surface area (Å²) in [6.45, 7) is 1.43. The van der Waals surface area contributed by atoms with E-state index in [0.29, 0.717) is 12.1 Å². The summed E-state index contributed by atoms with van der Waals surface area (Å²) in [6, 6.07) is 7.27. The molecule has 0 saturated carbocycles. The van der Waals surface area contributed by atoms with Crippen LogP contribution >= 0.6 is 15.9 Å². The van der Waals surface area contributed by atoms with Crippen molar-refractivity contribution in [3.05, 3.63) is 28.7 Å². The van der Waals surface area contributed by atoms with Crippen molar-refractivity contribution in [2.45, 2.75) is 18.9 Å². The molecule has 1 rings (SSSR count). The minimum atomic E-state index is -0.811. The van der Waals surface area contributed by atoms with Crippen LogP contribution in [0.2, 0.25) is 0 Å². The summed E-state index contributed by atoms with van der Waals surface area (Å²) >= 11 is 3.32. The lowest BCUT2D eigenvalue weighted by Crippen LogP contribution is -2.53. The molecule has 0 aliphatic carbocycles. The third kappa shape index (κ3) is 4.91. The minimum absolute atomic E-state index is 0.0292. The number of carbonyl (C=O) groups is 1. The van der Waals surface area contributed by atoms with Gasteiger partial charge in [0, 0.05) is 10.2 Å². The van der Waals surface area contributed by atoms with Crippen molar-refractivity contribution < 1.29 is 15.0 Å². The molecule has 106 valence electrons. The van der Waals surface area contributed by atoms with Crippen LogP contribution in [0, 0.1) is 0 Å². The fraction of sp³-hybridized carbons (Fsp3) is 0.462. The maximum Gasteiger partial charge on any atom is 0.238 e. The van der Waals surface area contributed by atoms with E-state index < -0.39 is 5.54 Å². The van der Waals surface area contributed by atoms with Crippen molar-refractivity contribution in [3.63, 3.8) is 0 Å². The number of rotatable bonds is 7. The van der Waals surface area contributed by atoms with Crippen LogP contribution in [0.25, 0.3) is 0 Å². The SMILES string of the molecule is CCC(CO)(CO)NCC(=O)Nc1cccc(Br)c1. The van der Waals surface area contributed by atoms with E-state index in [2.05, 4.69) is 26.6 Å². The summed E-state index contributed by atoms with van der Waals surface area (Å²) in [4.78, 5) is 11.8. The van der Waals surface area contributed by atoms with Crippen molar-refractivity contribution in [2.75, 3.05) is 25.1 Å². The van der Waals surface area contributed by atoms with Gasteiger partial charge in [0.1, 0.15) is 0 Å². The van der Waals surface area contributed by atoms with Gasteiger partial charge in [-0.15, -0.1) is 0 Å². The summed E-state index contributed by atoms with van der Waals surface area (Å²) in [7, 11) is 0. The molecular weight excluding hydrogens is 312 g/mol. The average molecular weight is 331 g/mol. The summed E-state index contributed by atoms with van der Waals surface area (Å²) in [5.41, 5.74) is -0.120. The number of aliphatic hydroxyl groups is 2. The van der Waals surface area contributed by atoms with Gasteiger partial charge in [-0.1, -0.05) is 28.9 Å². The number of aliphatic hydroxyl groups excluding tert-OH is 2. The Morgan fingerprint density at radius 1 is 1.37 bits per heavy atom. The maximum absolute atomic E-state index is 11.8. The summed E-state index contributed by atoms with van der Waals surface area (Å²) in [6.07, 6.45) is 0.532. The predicted octanol–water partition coefficient (Wildman–Crippen LogP) is 1.11. The molecule has 0 heterocycles. The van der Waals surface area contributed by atoms with Gasteiger partial charge in [0.25, 0.3) is 0 Å². The Morgan fingerprint density at radius 2 is 2.05 bits per heavy atom. The zero-order valence-corrected chi connectivity index (χ0v) is 12.4. The van der Waals surface area contributed by atoms with Gasteiger partial charge in [-0.3, -0.25) is 10.1 Å². The summed E-state index contributed by atoms with van der Waals surface area (Å²) in [5.74, 6) is -0.224. The number of hydrogen-bond donors (Lipinski definition) is 4. The Morgan fingerprint density at radius 3 is 2.58 bits per heavy atom. The first-order chi connectivity index (χ1) is 9.05. The lowest BCUT2D eigenvalue weighted by atomic mass is 9.98. The first-order valence-electron chi connectivity index (χ1n) is 6.07. The number of nitrogens with one attached hydrogen (secondary N) is 2. The van der Waals surface area contributed by atoms with Crippen molar-refractivity contribution in [2.24, 2.45) is 0 Å². The lowest BCUT2D eigenvalue weighted by Gasteiger charge is -2.29. The molecule has 4 N–H and O–H groups in total. The Bertz CT molecular complexity index is 414. The van der Waals surface area contributed by atoms with E-state index in [4.69, 9.17) is 0 Å². The number of carbonyl (C=O) groups excluding carboxylic acids is 1. The third-order valence-electron chi connectivity index (χ3n) is 3.01. The maximum atomic E-state index is 11.8. The van der Waals surface area contributed by atoms with E-state index in [0.717, 1.165) is 4.47 Å². The third-order valence-corrected chi connectivity index (χ3v) is 3.51. The first kappa shape index (κ1) is 16.1. The van der Waals surface area contributed by atoms with Gasteiger partial charge in [-0.25, -0.2) is 0 Å². The van der Waals surface area contributed by atoms with Gasteiger partial charge < -0.3 is 15.5 Å². The fourth-order valence-electron chi connectivity index (χ4n) is 1.55. The molecule has 0 bridgehead atoms. The largest absolute Gasteiger partial charge is 0.394 e. The van der Waals surface area contributed by atoms with Crippen LogP contribution in [0.1, 0.15) is 13.3 Å². The highest BCUT2D eigenvalue weighted by atomic mass is 79.9. The molecule has 1 amide bonds. The van der Waals surface area contributed by atoms with E-state index >= 15 is 0 Å². The molecule has 0 atom stereocenters. The van der Waals surface area contributed by atoms with Crippen LogP contribution < -0.4 is 10.6 Å². The highest BCUT2D eigenvalue weighted by Crippen LogP contribution is 2.15. The molecule has 1 aromatic rings. The molecule has 19 heavy (non-hydrogen) atoms. The number of halogens is 1. The molecule has 1 aromatic carbocycles. The molecule has 6 heteroatoms. The van der Waals surface area contributed by atoms with Crippen molar-refractivity contribution in [1.82, 2.24) is 5.32 Å². The summed E-state index contributed by atoms with van der Waals surface area (Å²) in [5, 5.41) is 24.1. The Labute approximate surface area is 121 Å². The zero-order chi connectivity index (χ0) is 14.3. The molecule has 0 spiro atoms. The molecule has 0 radical (unpaired) electrons. The Kier molecular flexibility index (Phi) is 6.44. The van der Waals surface area contributed by atoms with Crippen molar-refractivity contribution in [1.29, 1.82) is 0 Å². The summed E-state index contributed by atoms with van der Waals surface area (Å²) < 4.78 is 0.881. The minimum Gasteiger partial charge on any atom is -0.394 e. The van der Waals surface area contributed by atoms with Crippen LogP contribution in [-0.2, 0) is 4.79 Å². The number of hydrogen-bond acceptors (Lipinski definition) is 4. The molecule has 0 aromatic heterocycles. The monoisotopic (exact) mass is 330 g/mol. The molecule has 0 saturated heterocycles. The number of benzene rings is 1. The van der Waals surface area contributed by atoms with Gasteiger partial charge in [0.15, 0.2) is 0 Å². The highest BCUT2D eigenvalue weighted by molar-refractivity contribution is 9.10. The smallest absolute Gasteiger partial charge is 0.238 e. The molecule has 0 fully saturated rings. The van der Waals surface area contributed by atoms with Crippen LogP contribution in [-0.4, -0.2) is 41.4 Å². The number of anilines is 1. The van der Waals surface area contributed by atoms with E-state index in [1.807, 2.05) is 19.1 Å². The molecule has 0 aliphatic rings. The molecule has 0 unspecified atom stereocenters. The second kappa shape index (κ2) is 7.59. The standard InChI is InChI=1S/C13H19BrN2O3/c1-2-13(8-17,9-18)15-7-12(19)16-11-5-3-4-10(14)6-11/h3-6,15,17-18H,2,7-9H2,1H3,(H,16,19). The highest BCUT2D eigenvalue weighted by Gasteiger charge is 2.26. The second-order valence-electron chi connectivity index (χ2n) is 4.36. The molecular formula is C13H19BrN2O3. The van der Waals surface area contributed by atoms with Gasteiger partial charge >= 0.3 is 0 Å². The van der Waals surface area contributed by atoms with Crippen molar-refractivity contribution in [3.8, 4) is 0 Å². The number of amides is 1. The normalized spacial score (nSPS) is 11.4. The van der Waals surface area contributed by atoms with Crippen LogP contribution in [0.5, 0.6) is 0 Å². The van der Waals surface area contributed by atoms with Crippen LogP contribution in [0.4, 0.5) is 5.69 Å². The topological polar surface area (TPSA) is 81.6 Å². The Balaban J connectivity index is 2.52. The quantitative estimate of drug-likeness (QED) is 0.603. The van der Waals surface area contributed by atoms with Gasteiger partial charge in [-0.05, 0) is 24.6 Å². The first-order valence-corrected chi connectivity index (χ1v) is 6.86. The predicted molar refractivity (Wildman–Crippen MR) is 78.0 cm³/mol. The van der Waals surface area contributed by atoms with Gasteiger partial charge in [-0.2, -0.15) is 0 Å². The molecule has 0 aliphatic heterocycles.